The number of carbonyl (C=O) groups excluding carboxylic acids is 3. The Labute approximate surface area is 190 Å². The molecule has 1 spiro atoms. The summed E-state index contributed by atoms with van der Waals surface area (Å²) in [6.07, 6.45) is 5.12. The maximum atomic E-state index is 12.4. The number of nitrogens with one attached hydrogen (secondary N) is 1. The molecule has 0 radical (unpaired) electrons. The molecule has 3 aliphatic rings. The van der Waals surface area contributed by atoms with Gasteiger partial charge in [0.2, 0.25) is 11.8 Å². The number of imide groups is 1. The normalized spacial score (nSPS) is 23.8. The minimum absolute atomic E-state index is 0.179. The molecule has 1 atom stereocenters. The minimum atomic E-state index is -0.453. The SMILES string of the molecule is CC(C)(C)OC(=O)N1CCC2(CC1)CCN(c1ccc(C3CCC(=O)NC3=O)cc1)CC2. The summed E-state index contributed by atoms with van der Waals surface area (Å²) in [5, 5.41) is 2.44. The molecule has 7 nitrogen and oxygen atoms in total. The highest BCUT2D eigenvalue weighted by atomic mass is 16.6. The van der Waals surface area contributed by atoms with Crippen LogP contribution in [-0.4, -0.2) is 54.6 Å². The van der Waals surface area contributed by atoms with E-state index in [4.69, 9.17) is 4.74 Å². The van der Waals surface area contributed by atoms with E-state index in [-0.39, 0.29) is 23.8 Å². The molecule has 174 valence electrons. The Balaban J connectivity index is 1.29. The average molecular weight is 442 g/mol. The molecule has 0 bridgehead atoms. The zero-order valence-corrected chi connectivity index (χ0v) is 19.5. The van der Waals surface area contributed by atoms with Crippen molar-refractivity contribution in [1.29, 1.82) is 0 Å². The summed E-state index contributed by atoms with van der Waals surface area (Å²) in [4.78, 5) is 40.1. The van der Waals surface area contributed by atoms with Crippen LogP contribution in [0.25, 0.3) is 0 Å². The van der Waals surface area contributed by atoms with Crippen LogP contribution in [0, 0.1) is 5.41 Å². The van der Waals surface area contributed by atoms with Crippen LogP contribution >= 0.6 is 0 Å². The van der Waals surface area contributed by atoms with Crippen molar-refractivity contribution in [1.82, 2.24) is 10.2 Å². The number of carbonyl (C=O) groups is 3. The van der Waals surface area contributed by atoms with Crippen molar-refractivity contribution >= 4 is 23.6 Å². The third-order valence-corrected chi connectivity index (χ3v) is 7.20. The van der Waals surface area contributed by atoms with Gasteiger partial charge in [-0.3, -0.25) is 14.9 Å². The predicted octanol–water partition coefficient (Wildman–Crippen LogP) is 3.82. The van der Waals surface area contributed by atoms with E-state index in [1.54, 1.807) is 0 Å². The number of likely N-dealkylation sites (tertiary alicyclic amines) is 1. The number of hydrogen-bond donors (Lipinski definition) is 1. The average Bonchev–Trinajstić information content (AvgIpc) is 2.74. The number of nitrogens with zero attached hydrogens (tertiary/aromatic N) is 2. The Kier molecular flexibility index (Phi) is 6.19. The number of rotatable bonds is 2. The van der Waals surface area contributed by atoms with Crippen LogP contribution in [0.4, 0.5) is 10.5 Å². The highest BCUT2D eigenvalue weighted by Gasteiger charge is 2.39. The molecule has 32 heavy (non-hydrogen) atoms. The van der Waals surface area contributed by atoms with Crippen LogP contribution < -0.4 is 10.2 Å². The zero-order valence-electron chi connectivity index (χ0n) is 19.5. The van der Waals surface area contributed by atoms with Crippen molar-refractivity contribution in [2.24, 2.45) is 5.41 Å². The monoisotopic (exact) mass is 441 g/mol. The molecule has 0 aromatic heterocycles. The van der Waals surface area contributed by atoms with Crippen molar-refractivity contribution < 1.29 is 19.1 Å². The minimum Gasteiger partial charge on any atom is -0.444 e. The summed E-state index contributed by atoms with van der Waals surface area (Å²) in [6.45, 7) is 9.27. The fraction of sp³-hybridized carbons (Fsp3) is 0.640. The Bertz CT molecular complexity index is 856. The Morgan fingerprint density at radius 1 is 1.00 bits per heavy atom. The fourth-order valence-electron chi connectivity index (χ4n) is 5.16. The van der Waals surface area contributed by atoms with Crippen LogP contribution in [0.1, 0.15) is 70.8 Å². The number of amides is 3. The molecule has 1 N–H and O–H groups in total. The first-order chi connectivity index (χ1) is 15.1. The van der Waals surface area contributed by atoms with Gasteiger partial charge in [-0.05, 0) is 76.0 Å². The fourth-order valence-corrected chi connectivity index (χ4v) is 5.16. The standard InChI is InChI=1S/C25H35N3O4/c1-24(2,3)32-23(31)28-16-12-25(13-17-28)10-14-27(15-11-25)19-6-4-18(5-7-19)20-8-9-21(29)26-22(20)30/h4-7,20H,8-17H2,1-3H3,(H,26,29,30). The number of benzene rings is 1. The Morgan fingerprint density at radius 2 is 1.59 bits per heavy atom. The summed E-state index contributed by atoms with van der Waals surface area (Å²) < 4.78 is 5.53. The van der Waals surface area contributed by atoms with E-state index >= 15 is 0 Å². The number of anilines is 1. The molecular weight excluding hydrogens is 406 g/mol. The van der Waals surface area contributed by atoms with E-state index < -0.39 is 5.60 Å². The molecule has 3 heterocycles. The number of ether oxygens (including phenoxy) is 1. The van der Waals surface area contributed by atoms with Gasteiger partial charge in [-0.15, -0.1) is 0 Å². The first-order valence-electron chi connectivity index (χ1n) is 11.8. The van der Waals surface area contributed by atoms with E-state index in [9.17, 15) is 14.4 Å². The second-order valence-corrected chi connectivity index (χ2v) is 10.5. The largest absolute Gasteiger partial charge is 0.444 e. The number of piperidine rings is 3. The molecular formula is C25H35N3O4. The third-order valence-electron chi connectivity index (χ3n) is 7.20. The first-order valence-corrected chi connectivity index (χ1v) is 11.8. The molecule has 1 unspecified atom stereocenters. The molecule has 4 rings (SSSR count). The third kappa shape index (κ3) is 5.08. The van der Waals surface area contributed by atoms with E-state index in [1.807, 2.05) is 37.8 Å². The Morgan fingerprint density at radius 3 is 2.16 bits per heavy atom. The lowest BCUT2D eigenvalue weighted by molar-refractivity contribution is -0.134. The highest BCUT2D eigenvalue weighted by Crippen LogP contribution is 2.42. The predicted molar refractivity (Wildman–Crippen MR) is 122 cm³/mol. The van der Waals surface area contributed by atoms with Gasteiger partial charge in [0.15, 0.2) is 0 Å². The van der Waals surface area contributed by atoms with Gasteiger partial charge in [0.1, 0.15) is 5.60 Å². The van der Waals surface area contributed by atoms with Crippen LogP contribution in [0.5, 0.6) is 0 Å². The van der Waals surface area contributed by atoms with Gasteiger partial charge >= 0.3 is 6.09 Å². The van der Waals surface area contributed by atoms with Gasteiger partial charge in [-0.1, -0.05) is 12.1 Å². The van der Waals surface area contributed by atoms with Crippen molar-refractivity contribution in [3.63, 3.8) is 0 Å². The van der Waals surface area contributed by atoms with Crippen LogP contribution in [0.3, 0.4) is 0 Å². The van der Waals surface area contributed by atoms with Gasteiger partial charge in [-0.25, -0.2) is 4.79 Å². The van der Waals surface area contributed by atoms with Gasteiger partial charge in [0, 0.05) is 38.3 Å². The summed E-state index contributed by atoms with van der Waals surface area (Å²) in [7, 11) is 0. The molecule has 0 saturated carbocycles. The lowest BCUT2D eigenvalue weighted by atomic mass is 9.71. The molecule has 1 aromatic rings. The molecule has 3 saturated heterocycles. The van der Waals surface area contributed by atoms with Gasteiger partial charge in [0.25, 0.3) is 0 Å². The molecule has 7 heteroatoms. The Hall–Kier alpha value is -2.57. The van der Waals surface area contributed by atoms with Crippen molar-refractivity contribution in [3.8, 4) is 0 Å². The van der Waals surface area contributed by atoms with Crippen molar-refractivity contribution in [3.05, 3.63) is 29.8 Å². The summed E-state index contributed by atoms with van der Waals surface area (Å²) in [6, 6.07) is 8.25. The van der Waals surface area contributed by atoms with E-state index in [2.05, 4.69) is 22.3 Å². The van der Waals surface area contributed by atoms with E-state index in [0.717, 1.165) is 57.4 Å². The van der Waals surface area contributed by atoms with Gasteiger partial charge in [-0.2, -0.15) is 0 Å². The second-order valence-electron chi connectivity index (χ2n) is 10.5. The first kappa shape index (κ1) is 22.6. The summed E-state index contributed by atoms with van der Waals surface area (Å²) in [5.74, 6) is -0.602. The lowest BCUT2D eigenvalue weighted by Gasteiger charge is -2.47. The zero-order chi connectivity index (χ0) is 22.9. The maximum absolute atomic E-state index is 12.4. The molecule has 0 aliphatic carbocycles. The van der Waals surface area contributed by atoms with Crippen LogP contribution in [0.2, 0.25) is 0 Å². The topological polar surface area (TPSA) is 79.0 Å². The highest BCUT2D eigenvalue weighted by molar-refractivity contribution is 6.00. The van der Waals surface area contributed by atoms with Gasteiger partial charge < -0.3 is 14.5 Å². The summed E-state index contributed by atoms with van der Waals surface area (Å²) in [5.41, 5.74) is 2.02. The number of hydrogen-bond acceptors (Lipinski definition) is 5. The van der Waals surface area contributed by atoms with Crippen molar-refractivity contribution in [2.75, 3.05) is 31.1 Å². The van der Waals surface area contributed by atoms with Crippen LogP contribution in [-0.2, 0) is 14.3 Å². The van der Waals surface area contributed by atoms with Crippen molar-refractivity contribution in [2.45, 2.75) is 70.8 Å². The van der Waals surface area contributed by atoms with Gasteiger partial charge in [0.05, 0.1) is 5.92 Å². The summed E-state index contributed by atoms with van der Waals surface area (Å²) >= 11 is 0. The van der Waals surface area contributed by atoms with Crippen LogP contribution in [0.15, 0.2) is 24.3 Å². The lowest BCUT2D eigenvalue weighted by Crippen LogP contribution is -2.49. The van der Waals surface area contributed by atoms with E-state index in [1.165, 1.54) is 5.69 Å². The smallest absolute Gasteiger partial charge is 0.410 e. The van der Waals surface area contributed by atoms with E-state index in [0.29, 0.717) is 18.3 Å². The molecule has 3 amide bonds. The maximum Gasteiger partial charge on any atom is 0.410 e. The molecule has 1 aromatic carbocycles. The second kappa shape index (κ2) is 8.75. The molecule has 3 fully saturated rings. The molecule has 3 aliphatic heterocycles. The quantitative estimate of drug-likeness (QED) is 0.706.